The topological polar surface area (TPSA) is 62.1 Å². The zero-order valence-corrected chi connectivity index (χ0v) is 12.0. The molecule has 0 aliphatic heterocycles. The van der Waals surface area contributed by atoms with E-state index in [1.54, 1.807) is 7.11 Å². The Balaban J connectivity index is 2.51. The molecule has 0 radical (unpaired) electrons. The quantitative estimate of drug-likeness (QED) is 0.761. The average molecular weight is 285 g/mol. The van der Waals surface area contributed by atoms with Gasteiger partial charge in [-0.15, -0.1) is 11.6 Å². The van der Waals surface area contributed by atoms with Crippen LogP contribution in [-0.2, 0) is 10.6 Å². The first-order valence-electron chi connectivity index (χ1n) is 6.12. The van der Waals surface area contributed by atoms with E-state index < -0.39 is 0 Å². The largest absolute Gasteiger partial charge is 0.479 e. The molecular weight excluding hydrogens is 268 g/mol. The first-order chi connectivity index (χ1) is 9.22. The first-order valence-corrected chi connectivity index (χ1v) is 6.65. The second-order valence-electron chi connectivity index (χ2n) is 4.10. The molecule has 0 N–H and O–H groups in total. The number of nitrogens with zero attached hydrogens (tertiary/aromatic N) is 4. The zero-order chi connectivity index (χ0) is 13.8. The summed E-state index contributed by atoms with van der Waals surface area (Å²) in [4.78, 5) is 12.8. The van der Waals surface area contributed by atoms with Crippen LogP contribution in [-0.4, -0.2) is 39.8 Å². The highest BCUT2D eigenvalue weighted by Gasteiger charge is 2.19. The molecule has 19 heavy (non-hydrogen) atoms. The van der Waals surface area contributed by atoms with Gasteiger partial charge in [0.15, 0.2) is 11.2 Å². The molecule has 2 heterocycles. The van der Waals surface area contributed by atoms with Crippen molar-refractivity contribution in [1.29, 1.82) is 0 Å². The molecule has 0 spiro atoms. The molecule has 1 atom stereocenters. The summed E-state index contributed by atoms with van der Waals surface area (Å²) in [7, 11) is 1.56. The number of rotatable bonds is 6. The van der Waals surface area contributed by atoms with Crippen LogP contribution in [0.5, 0.6) is 5.88 Å². The third-order valence-electron chi connectivity index (χ3n) is 2.83. The molecule has 2 aromatic heterocycles. The highest BCUT2D eigenvalue weighted by molar-refractivity contribution is 6.16. The number of methoxy groups -OCH3 is 1. The summed E-state index contributed by atoms with van der Waals surface area (Å²) >= 11 is 5.96. The van der Waals surface area contributed by atoms with E-state index in [0.29, 0.717) is 30.5 Å². The Labute approximate surface area is 116 Å². The van der Waals surface area contributed by atoms with Crippen molar-refractivity contribution in [2.75, 3.05) is 20.3 Å². The molecule has 104 valence electrons. The fraction of sp³-hybridized carbons (Fsp3) is 0.583. The van der Waals surface area contributed by atoms with E-state index in [1.165, 1.54) is 6.33 Å². The fourth-order valence-electron chi connectivity index (χ4n) is 2.00. The lowest BCUT2D eigenvalue weighted by Crippen LogP contribution is -2.15. The Hall–Kier alpha value is -1.40. The van der Waals surface area contributed by atoms with Crippen LogP contribution >= 0.6 is 11.6 Å². The van der Waals surface area contributed by atoms with Gasteiger partial charge in [-0.25, -0.2) is 9.97 Å². The van der Waals surface area contributed by atoms with E-state index in [0.717, 1.165) is 11.5 Å². The molecule has 2 aromatic rings. The minimum absolute atomic E-state index is 0.0957. The maximum atomic E-state index is 5.96. The van der Waals surface area contributed by atoms with Gasteiger partial charge in [0.05, 0.1) is 25.6 Å². The lowest BCUT2D eigenvalue weighted by Gasteiger charge is -2.15. The summed E-state index contributed by atoms with van der Waals surface area (Å²) in [6, 6.07) is 0.0957. The Morgan fingerprint density at radius 2 is 2.21 bits per heavy atom. The maximum absolute atomic E-state index is 5.96. The molecule has 7 heteroatoms. The predicted octanol–water partition coefficient (Wildman–Crippen LogP) is 2.17. The van der Waals surface area contributed by atoms with Gasteiger partial charge in [-0.2, -0.15) is 4.98 Å². The van der Waals surface area contributed by atoms with E-state index >= 15 is 0 Å². The molecule has 0 saturated carbocycles. The van der Waals surface area contributed by atoms with Crippen LogP contribution < -0.4 is 4.74 Å². The molecule has 6 nitrogen and oxygen atoms in total. The molecule has 0 fully saturated rings. The Kier molecular flexibility index (Phi) is 4.55. The minimum Gasteiger partial charge on any atom is -0.479 e. The molecule has 0 aliphatic carbocycles. The second-order valence-corrected chi connectivity index (χ2v) is 4.36. The van der Waals surface area contributed by atoms with Crippen LogP contribution in [0.1, 0.15) is 25.7 Å². The van der Waals surface area contributed by atoms with Gasteiger partial charge in [-0.3, -0.25) is 0 Å². The number of imidazole rings is 1. The van der Waals surface area contributed by atoms with Crippen molar-refractivity contribution < 1.29 is 9.47 Å². The van der Waals surface area contributed by atoms with E-state index in [4.69, 9.17) is 21.1 Å². The van der Waals surface area contributed by atoms with Gasteiger partial charge in [0, 0.05) is 6.61 Å². The van der Waals surface area contributed by atoms with Gasteiger partial charge in [0.2, 0.25) is 5.88 Å². The second kappa shape index (κ2) is 6.16. The minimum atomic E-state index is 0.0957. The summed E-state index contributed by atoms with van der Waals surface area (Å²) < 4.78 is 12.6. The molecular formula is C12H17ClN4O2. The summed E-state index contributed by atoms with van der Waals surface area (Å²) in [5, 5.41) is 0. The van der Waals surface area contributed by atoms with E-state index in [1.807, 2.05) is 18.4 Å². The summed E-state index contributed by atoms with van der Waals surface area (Å²) in [5.74, 6) is 1.50. The van der Waals surface area contributed by atoms with Crippen molar-refractivity contribution in [3.8, 4) is 5.88 Å². The van der Waals surface area contributed by atoms with Crippen LogP contribution in [0.3, 0.4) is 0 Å². The third kappa shape index (κ3) is 2.64. The van der Waals surface area contributed by atoms with Crippen LogP contribution in [0.15, 0.2) is 6.33 Å². The molecule has 0 bridgehead atoms. The first kappa shape index (κ1) is 14.0. The number of halogens is 1. The maximum Gasteiger partial charge on any atom is 0.245 e. The van der Waals surface area contributed by atoms with E-state index in [9.17, 15) is 0 Å². The van der Waals surface area contributed by atoms with Crippen LogP contribution in [0, 0.1) is 0 Å². The highest BCUT2D eigenvalue weighted by atomic mass is 35.5. The van der Waals surface area contributed by atoms with Crippen molar-refractivity contribution in [3.63, 3.8) is 0 Å². The lowest BCUT2D eigenvalue weighted by molar-refractivity contribution is 0.119. The van der Waals surface area contributed by atoms with Crippen molar-refractivity contribution >= 4 is 22.8 Å². The number of alkyl halides is 1. The van der Waals surface area contributed by atoms with Crippen LogP contribution in [0.25, 0.3) is 11.2 Å². The average Bonchev–Trinajstić information content (AvgIpc) is 2.83. The number of ether oxygens (including phenoxy) is 2. The van der Waals surface area contributed by atoms with E-state index in [2.05, 4.69) is 15.0 Å². The van der Waals surface area contributed by atoms with Gasteiger partial charge in [0.1, 0.15) is 12.2 Å². The zero-order valence-electron chi connectivity index (χ0n) is 11.3. The molecule has 1 unspecified atom stereocenters. The van der Waals surface area contributed by atoms with Crippen molar-refractivity contribution in [2.45, 2.75) is 25.8 Å². The Morgan fingerprint density at radius 1 is 1.42 bits per heavy atom. The molecule has 0 aliphatic rings. The summed E-state index contributed by atoms with van der Waals surface area (Å²) in [5.41, 5.74) is 1.35. The standard InChI is InChI=1S/C12H17ClN4O2/c1-4-19-6-8(2)17-9(5-13)16-10-11(17)14-7-15-12(10)18-3/h7-8H,4-6H2,1-3H3. The highest BCUT2D eigenvalue weighted by Crippen LogP contribution is 2.25. The summed E-state index contributed by atoms with van der Waals surface area (Å²) in [6.07, 6.45) is 1.46. The number of aromatic nitrogens is 4. The van der Waals surface area contributed by atoms with Gasteiger partial charge < -0.3 is 14.0 Å². The SMILES string of the molecule is CCOCC(C)n1c(CCl)nc2c(OC)ncnc21. The molecule has 0 aromatic carbocycles. The smallest absolute Gasteiger partial charge is 0.245 e. The predicted molar refractivity (Wildman–Crippen MR) is 72.6 cm³/mol. The van der Waals surface area contributed by atoms with Crippen molar-refractivity contribution in [3.05, 3.63) is 12.2 Å². The van der Waals surface area contributed by atoms with Crippen LogP contribution in [0.2, 0.25) is 0 Å². The van der Waals surface area contributed by atoms with E-state index in [-0.39, 0.29) is 6.04 Å². The van der Waals surface area contributed by atoms with Crippen molar-refractivity contribution in [2.24, 2.45) is 0 Å². The monoisotopic (exact) mass is 284 g/mol. The number of hydrogen-bond donors (Lipinski definition) is 0. The Bertz CT molecular complexity index is 558. The van der Waals surface area contributed by atoms with Gasteiger partial charge >= 0.3 is 0 Å². The number of fused-ring (bicyclic) bond motifs is 1. The summed E-state index contributed by atoms with van der Waals surface area (Å²) in [6.45, 7) is 5.26. The molecule has 0 amide bonds. The number of hydrogen-bond acceptors (Lipinski definition) is 5. The molecule has 0 saturated heterocycles. The normalized spacial score (nSPS) is 12.8. The van der Waals surface area contributed by atoms with Gasteiger partial charge in [0.25, 0.3) is 0 Å². The van der Waals surface area contributed by atoms with Crippen molar-refractivity contribution in [1.82, 2.24) is 19.5 Å². The fourth-order valence-corrected chi connectivity index (χ4v) is 2.19. The van der Waals surface area contributed by atoms with Crippen LogP contribution in [0.4, 0.5) is 0 Å². The Morgan fingerprint density at radius 3 is 2.84 bits per heavy atom. The van der Waals surface area contributed by atoms with Gasteiger partial charge in [-0.05, 0) is 13.8 Å². The van der Waals surface area contributed by atoms with Gasteiger partial charge in [-0.1, -0.05) is 0 Å². The lowest BCUT2D eigenvalue weighted by atomic mass is 10.3. The molecule has 2 rings (SSSR count). The third-order valence-corrected chi connectivity index (χ3v) is 3.07.